The van der Waals surface area contributed by atoms with Crippen LogP contribution in [0, 0.1) is 0 Å². The quantitative estimate of drug-likeness (QED) is 0.0420. The minimum Gasteiger partial charge on any atom is -0.394 e. The SMILES string of the molecule is CC/C=C\C/C=C\C/C=C\C/C=C\CCCCCCCCCCCCC(=O)NC(CO)C(O)/C=C/CCCCCCCCCCCCCCCCCCCCCCCCCCCCCCC. The molecule has 0 spiro atoms. The van der Waals surface area contributed by atoms with Gasteiger partial charge in [0.1, 0.15) is 0 Å². The van der Waals surface area contributed by atoms with Gasteiger partial charge in [0.25, 0.3) is 0 Å². The van der Waals surface area contributed by atoms with Crippen LogP contribution in [0.1, 0.15) is 309 Å². The Bertz CT molecular complexity index is 1090. The third-order valence-electron chi connectivity index (χ3n) is 13.5. The second-order valence-corrected chi connectivity index (χ2v) is 20.0. The molecule has 2 unspecified atom stereocenters. The summed E-state index contributed by atoms with van der Waals surface area (Å²) >= 11 is 0. The van der Waals surface area contributed by atoms with Gasteiger partial charge in [0, 0.05) is 6.42 Å². The minimum atomic E-state index is -0.845. The molecule has 0 radical (unpaired) electrons. The summed E-state index contributed by atoms with van der Waals surface area (Å²) in [5, 5.41) is 23.2. The highest BCUT2D eigenvalue weighted by Crippen LogP contribution is 2.17. The van der Waals surface area contributed by atoms with Gasteiger partial charge < -0.3 is 15.5 Å². The lowest BCUT2D eigenvalue weighted by Gasteiger charge is -2.20. The molecular formula is C62H115NO3. The number of hydrogen-bond acceptors (Lipinski definition) is 3. The first-order chi connectivity index (χ1) is 32.7. The molecule has 0 aromatic carbocycles. The van der Waals surface area contributed by atoms with Gasteiger partial charge in [0.15, 0.2) is 0 Å². The molecule has 0 aliphatic rings. The van der Waals surface area contributed by atoms with Gasteiger partial charge >= 0.3 is 0 Å². The highest BCUT2D eigenvalue weighted by atomic mass is 16.3. The number of aliphatic hydroxyl groups is 2. The van der Waals surface area contributed by atoms with Crippen molar-refractivity contribution in [3.05, 3.63) is 60.8 Å². The Morgan fingerprint density at radius 2 is 0.667 bits per heavy atom. The molecule has 4 heteroatoms. The Labute approximate surface area is 413 Å². The topological polar surface area (TPSA) is 69.6 Å². The maximum atomic E-state index is 12.5. The van der Waals surface area contributed by atoms with Crippen molar-refractivity contribution in [2.75, 3.05) is 6.61 Å². The molecule has 0 aliphatic carbocycles. The van der Waals surface area contributed by atoms with Gasteiger partial charge in [-0.25, -0.2) is 0 Å². The van der Waals surface area contributed by atoms with Crippen LogP contribution in [0.2, 0.25) is 0 Å². The van der Waals surface area contributed by atoms with E-state index < -0.39 is 12.1 Å². The van der Waals surface area contributed by atoms with Crippen LogP contribution in [0.3, 0.4) is 0 Å². The van der Waals surface area contributed by atoms with Gasteiger partial charge in [-0.15, -0.1) is 0 Å². The maximum absolute atomic E-state index is 12.5. The zero-order chi connectivity index (χ0) is 47.7. The smallest absolute Gasteiger partial charge is 0.220 e. The number of hydrogen-bond donors (Lipinski definition) is 3. The molecule has 386 valence electrons. The molecule has 66 heavy (non-hydrogen) atoms. The molecule has 0 aromatic rings. The molecule has 0 aliphatic heterocycles. The van der Waals surface area contributed by atoms with Crippen LogP contribution < -0.4 is 5.32 Å². The van der Waals surface area contributed by atoms with Crippen molar-refractivity contribution < 1.29 is 15.0 Å². The number of carbonyl (C=O) groups excluding carboxylic acids is 1. The highest BCUT2D eigenvalue weighted by molar-refractivity contribution is 5.76. The van der Waals surface area contributed by atoms with Crippen molar-refractivity contribution in [1.29, 1.82) is 0 Å². The average molecular weight is 923 g/mol. The fraction of sp³-hybridized carbons (Fsp3) is 0.823. The lowest BCUT2D eigenvalue weighted by Crippen LogP contribution is -2.45. The summed E-state index contributed by atoms with van der Waals surface area (Å²) in [7, 11) is 0. The van der Waals surface area contributed by atoms with E-state index in [0.29, 0.717) is 6.42 Å². The van der Waals surface area contributed by atoms with Crippen LogP contribution in [-0.4, -0.2) is 34.9 Å². The summed E-state index contributed by atoms with van der Waals surface area (Å²) in [6, 6.07) is -0.629. The molecule has 2 atom stereocenters. The van der Waals surface area contributed by atoms with Crippen LogP contribution in [0.15, 0.2) is 60.8 Å². The monoisotopic (exact) mass is 922 g/mol. The van der Waals surface area contributed by atoms with Gasteiger partial charge in [-0.2, -0.15) is 0 Å². The summed E-state index contributed by atoms with van der Waals surface area (Å²) in [5.41, 5.74) is 0. The molecule has 0 saturated carbocycles. The van der Waals surface area contributed by atoms with E-state index in [0.717, 1.165) is 51.4 Å². The average Bonchev–Trinajstić information content (AvgIpc) is 3.32. The predicted octanol–water partition coefficient (Wildman–Crippen LogP) is 19.6. The lowest BCUT2D eigenvalue weighted by atomic mass is 10.0. The Hall–Kier alpha value is -1.91. The molecular weight excluding hydrogens is 807 g/mol. The zero-order valence-corrected chi connectivity index (χ0v) is 44.5. The molecule has 1 amide bonds. The van der Waals surface area contributed by atoms with E-state index in [1.165, 1.54) is 238 Å². The third-order valence-corrected chi connectivity index (χ3v) is 13.5. The fourth-order valence-electron chi connectivity index (χ4n) is 9.06. The first-order valence-electron chi connectivity index (χ1n) is 29.5. The molecule has 3 N–H and O–H groups in total. The summed E-state index contributed by atoms with van der Waals surface area (Å²) in [6.07, 6.45) is 81.1. The second kappa shape index (κ2) is 57.4. The van der Waals surface area contributed by atoms with Crippen molar-refractivity contribution in [2.45, 2.75) is 321 Å². The molecule has 0 saturated heterocycles. The summed E-state index contributed by atoms with van der Waals surface area (Å²) in [5.74, 6) is -0.0670. The van der Waals surface area contributed by atoms with Crippen LogP contribution in [0.5, 0.6) is 0 Å². The largest absolute Gasteiger partial charge is 0.394 e. The summed E-state index contributed by atoms with van der Waals surface area (Å²) in [4.78, 5) is 12.5. The molecule has 0 aromatic heterocycles. The lowest BCUT2D eigenvalue weighted by molar-refractivity contribution is -0.123. The molecule has 0 rings (SSSR count). The maximum Gasteiger partial charge on any atom is 0.220 e. The minimum absolute atomic E-state index is 0.0670. The molecule has 0 fully saturated rings. The van der Waals surface area contributed by atoms with Crippen LogP contribution >= 0.6 is 0 Å². The molecule has 4 nitrogen and oxygen atoms in total. The van der Waals surface area contributed by atoms with Gasteiger partial charge in [0.05, 0.1) is 18.8 Å². The van der Waals surface area contributed by atoms with Crippen molar-refractivity contribution in [1.82, 2.24) is 5.32 Å². The Morgan fingerprint density at radius 3 is 1.00 bits per heavy atom. The van der Waals surface area contributed by atoms with Crippen LogP contribution in [0.4, 0.5) is 0 Å². The van der Waals surface area contributed by atoms with Gasteiger partial charge in [-0.05, 0) is 57.8 Å². The number of rotatable bonds is 54. The second-order valence-electron chi connectivity index (χ2n) is 20.0. The standard InChI is InChI=1S/C62H115NO3/c1-3-5-7-9-11-13-15-17-19-21-23-25-27-28-29-30-31-32-33-34-36-37-39-41-43-45-47-49-51-53-55-57-61(65)60(59-64)63-62(66)58-56-54-52-50-48-46-44-42-40-38-35-26-24-22-20-18-16-14-12-10-8-6-4-2/h6,8,12,14,18,20,24,26,55,57,60-61,64-65H,3-5,7,9-11,13,15-17,19,21-23,25,27-54,56,58-59H2,1-2H3,(H,63,66)/b8-6-,14-12-,20-18-,26-24-,57-55+. The highest BCUT2D eigenvalue weighted by Gasteiger charge is 2.18. The number of nitrogens with one attached hydrogen (secondary N) is 1. The summed E-state index contributed by atoms with van der Waals surface area (Å²) in [6.45, 7) is 4.22. The van der Waals surface area contributed by atoms with Crippen LogP contribution in [-0.2, 0) is 4.79 Å². The van der Waals surface area contributed by atoms with E-state index in [1.54, 1.807) is 6.08 Å². The Balaban J connectivity index is 3.48. The van der Waals surface area contributed by atoms with Gasteiger partial charge in [-0.1, -0.05) is 306 Å². The first-order valence-corrected chi connectivity index (χ1v) is 29.5. The number of aliphatic hydroxyl groups excluding tert-OH is 2. The van der Waals surface area contributed by atoms with Crippen molar-refractivity contribution in [3.8, 4) is 0 Å². The van der Waals surface area contributed by atoms with Crippen molar-refractivity contribution in [2.24, 2.45) is 0 Å². The number of allylic oxidation sites excluding steroid dienone is 9. The zero-order valence-electron chi connectivity index (χ0n) is 44.5. The van der Waals surface area contributed by atoms with Gasteiger partial charge in [0.2, 0.25) is 5.91 Å². The Kier molecular flexibility index (Phi) is 55.7. The third kappa shape index (κ3) is 53.1. The van der Waals surface area contributed by atoms with E-state index in [4.69, 9.17) is 0 Å². The van der Waals surface area contributed by atoms with E-state index in [1.807, 2.05) is 6.08 Å². The van der Waals surface area contributed by atoms with Crippen molar-refractivity contribution >= 4 is 5.91 Å². The number of carbonyl (C=O) groups is 1. The van der Waals surface area contributed by atoms with E-state index in [-0.39, 0.29) is 12.5 Å². The number of unbranched alkanes of at least 4 members (excludes halogenated alkanes) is 39. The predicted molar refractivity (Wildman–Crippen MR) is 294 cm³/mol. The summed E-state index contributed by atoms with van der Waals surface area (Å²) < 4.78 is 0. The van der Waals surface area contributed by atoms with Gasteiger partial charge in [-0.3, -0.25) is 4.79 Å². The van der Waals surface area contributed by atoms with E-state index >= 15 is 0 Å². The normalized spacial score (nSPS) is 13.2. The van der Waals surface area contributed by atoms with E-state index in [2.05, 4.69) is 67.8 Å². The fourth-order valence-corrected chi connectivity index (χ4v) is 9.06. The van der Waals surface area contributed by atoms with Crippen LogP contribution in [0.25, 0.3) is 0 Å². The van der Waals surface area contributed by atoms with E-state index in [9.17, 15) is 15.0 Å². The first kappa shape index (κ1) is 64.1. The number of amides is 1. The molecule has 0 heterocycles. The molecule has 0 bridgehead atoms. The van der Waals surface area contributed by atoms with Crippen molar-refractivity contribution in [3.63, 3.8) is 0 Å². The Morgan fingerprint density at radius 1 is 0.379 bits per heavy atom.